The molecule has 0 saturated heterocycles. The number of hydrogen-bond donors (Lipinski definition) is 1. The Morgan fingerprint density at radius 3 is 1.82 bits per heavy atom. The third-order valence-electron chi connectivity index (χ3n) is 4.23. The van der Waals surface area contributed by atoms with Crippen LogP contribution in [0.4, 0.5) is 5.69 Å². The summed E-state index contributed by atoms with van der Waals surface area (Å²) in [5, 5.41) is 4.94. The first-order chi connectivity index (χ1) is 13.8. The van der Waals surface area contributed by atoms with E-state index in [9.17, 15) is 4.79 Å². The number of carbonyl (C=O) groups excluding carboxylic acids is 1. The van der Waals surface area contributed by atoms with Crippen LogP contribution in [0.25, 0.3) is 10.8 Å². The Hall–Kier alpha value is -3.79. The van der Waals surface area contributed by atoms with Crippen molar-refractivity contribution in [3.63, 3.8) is 0 Å². The van der Waals surface area contributed by atoms with Crippen LogP contribution in [0.5, 0.6) is 11.5 Å². The molecular formula is C24H19NO3. The highest BCUT2D eigenvalue weighted by atomic mass is 16.7. The van der Waals surface area contributed by atoms with Crippen LogP contribution in [0.2, 0.25) is 0 Å². The molecule has 0 aliphatic rings. The fraction of sp³-hybridized carbons (Fsp3) is 0.0417. The van der Waals surface area contributed by atoms with E-state index in [1.54, 1.807) is 24.3 Å². The van der Waals surface area contributed by atoms with E-state index in [2.05, 4.69) is 5.32 Å². The van der Waals surface area contributed by atoms with Crippen molar-refractivity contribution in [3.05, 3.63) is 103 Å². The number of ether oxygens (including phenoxy) is 2. The molecule has 0 fully saturated rings. The molecule has 0 aliphatic heterocycles. The van der Waals surface area contributed by atoms with Gasteiger partial charge in [0.2, 0.25) is 0 Å². The van der Waals surface area contributed by atoms with Crippen molar-refractivity contribution in [3.8, 4) is 11.5 Å². The van der Waals surface area contributed by atoms with Crippen molar-refractivity contribution < 1.29 is 14.3 Å². The van der Waals surface area contributed by atoms with Crippen molar-refractivity contribution in [2.45, 2.75) is 6.29 Å². The predicted octanol–water partition coefficient (Wildman–Crippen LogP) is 5.26. The van der Waals surface area contributed by atoms with Crippen LogP contribution in [0.3, 0.4) is 0 Å². The van der Waals surface area contributed by atoms with Gasteiger partial charge in [-0.3, -0.25) is 4.79 Å². The number of amides is 1. The van der Waals surface area contributed by atoms with Crippen LogP contribution in [0.15, 0.2) is 103 Å². The van der Waals surface area contributed by atoms with E-state index in [0.29, 0.717) is 17.2 Å². The number of para-hydroxylation sites is 2. The molecule has 0 aromatic heterocycles. The van der Waals surface area contributed by atoms with Gasteiger partial charge in [-0.05, 0) is 35.7 Å². The lowest BCUT2D eigenvalue weighted by Crippen LogP contribution is -2.38. The van der Waals surface area contributed by atoms with Crippen LogP contribution >= 0.6 is 0 Å². The monoisotopic (exact) mass is 369 g/mol. The van der Waals surface area contributed by atoms with E-state index in [0.717, 1.165) is 10.8 Å². The van der Waals surface area contributed by atoms with Crippen molar-refractivity contribution in [2.75, 3.05) is 5.32 Å². The standard InChI is InChI=1S/C24H19NO3/c26-23(25-22-17-9-11-18-10-7-8-16-21(18)22)24(27-19-12-3-1-4-13-19)28-20-14-5-2-6-15-20/h1-17,24H,(H,25,26). The zero-order valence-corrected chi connectivity index (χ0v) is 15.1. The van der Waals surface area contributed by atoms with Gasteiger partial charge in [-0.25, -0.2) is 0 Å². The first-order valence-corrected chi connectivity index (χ1v) is 9.02. The topological polar surface area (TPSA) is 47.6 Å². The normalized spacial score (nSPS) is 10.6. The quantitative estimate of drug-likeness (QED) is 0.472. The molecule has 0 heterocycles. The largest absolute Gasteiger partial charge is 0.446 e. The minimum Gasteiger partial charge on any atom is -0.446 e. The fourth-order valence-electron chi connectivity index (χ4n) is 2.90. The Morgan fingerprint density at radius 2 is 1.18 bits per heavy atom. The third-order valence-corrected chi connectivity index (χ3v) is 4.23. The van der Waals surface area contributed by atoms with E-state index in [1.165, 1.54) is 0 Å². The van der Waals surface area contributed by atoms with E-state index in [1.807, 2.05) is 78.9 Å². The molecule has 4 aromatic carbocycles. The number of fused-ring (bicyclic) bond motifs is 1. The second-order valence-corrected chi connectivity index (χ2v) is 6.21. The number of nitrogens with one attached hydrogen (secondary N) is 1. The van der Waals surface area contributed by atoms with Gasteiger partial charge in [0.15, 0.2) is 0 Å². The number of carbonyl (C=O) groups is 1. The molecule has 138 valence electrons. The maximum Gasteiger partial charge on any atom is 0.321 e. The van der Waals surface area contributed by atoms with Gasteiger partial charge in [0.25, 0.3) is 0 Å². The van der Waals surface area contributed by atoms with Crippen LogP contribution < -0.4 is 14.8 Å². The van der Waals surface area contributed by atoms with Gasteiger partial charge in [0.1, 0.15) is 11.5 Å². The summed E-state index contributed by atoms with van der Waals surface area (Å²) in [4.78, 5) is 13.0. The zero-order valence-electron chi connectivity index (χ0n) is 15.1. The van der Waals surface area contributed by atoms with Gasteiger partial charge < -0.3 is 14.8 Å². The first kappa shape index (κ1) is 17.6. The number of benzene rings is 4. The van der Waals surface area contributed by atoms with E-state index < -0.39 is 6.29 Å². The average molecular weight is 369 g/mol. The van der Waals surface area contributed by atoms with Gasteiger partial charge in [0, 0.05) is 11.1 Å². The zero-order chi connectivity index (χ0) is 19.2. The predicted molar refractivity (Wildman–Crippen MR) is 111 cm³/mol. The lowest BCUT2D eigenvalue weighted by Gasteiger charge is -2.20. The van der Waals surface area contributed by atoms with Gasteiger partial charge in [-0.15, -0.1) is 0 Å². The van der Waals surface area contributed by atoms with E-state index in [4.69, 9.17) is 9.47 Å². The van der Waals surface area contributed by atoms with Crippen molar-refractivity contribution in [1.82, 2.24) is 0 Å². The molecule has 1 N–H and O–H groups in total. The molecule has 0 aliphatic carbocycles. The Labute approximate surface area is 163 Å². The fourth-order valence-corrected chi connectivity index (χ4v) is 2.90. The number of hydrogen-bond acceptors (Lipinski definition) is 3. The van der Waals surface area contributed by atoms with Gasteiger partial charge in [-0.2, -0.15) is 0 Å². The second kappa shape index (κ2) is 8.27. The Balaban J connectivity index is 1.60. The molecule has 4 nitrogen and oxygen atoms in total. The molecule has 4 heteroatoms. The van der Waals surface area contributed by atoms with Crippen LogP contribution in [-0.4, -0.2) is 12.2 Å². The molecular weight excluding hydrogens is 350 g/mol. The summed E-state index contributed by atoms with van der Waals surface area (Å²) in [6, 6.07) is 31.9. The minimum absolute atomic E-state index is 0.385. The summed E-state index contributed by atoms with van der Waals surface area (Å²) < 4.78 is 11.7. The highest BCUT2D eigenvalue weighted by Gasteiger charge is 2.23. The van der Waals surface area contributed by atoms with Gasteiger partial charge in [0.05, 0.1) is 0 Å². The van der Waals surface area contributed by atoms with Gasteiger partial charge >= 0.3 is 12.2 Å². The molecule has 0 spiro atoms. The van der Waals surface area contributed by atoms with Crippen molar-refractivity contribution in [1.29, 1.82) is 0 Å². The van der Waals surface area contributed by atoms with Crippen LogP contribution in [0, 0.1) is 0 Å². The summed E-state index contributed by atoms with van der Waals surface area (Å²) in [5.41, 5.74) is 0.710. The molecule has 0 atom stereocenters. The maximum absolute atomic E-state index is 13.0. The molecule has 4 rings (SSSR count). The SMILES string of the molecule is O=C(Nc1cccc2ccccc12)C(Oc1ccccc1)Oc1ccccc1. The Morgan fingerprint density at radius 1 is 0.643 bits per heavy atom. The third kappa shape index (κ3) is 4.13. The van der Waals surface area contributed by atoms with Gasteiger partial charge in [-0.1, -0.05) is 72.8 Å². The summed E-state index contributed by atoms with van der Waals surface area (Å²) >= 11 is 0. The molecule has 0 saturated carbocycles. The molecule has 1 amide bonds. The second-order valence-electron chi connectivity index (χ2n) is 6.21. The molecule has 4 aromatic rings. The lowest BCUT2D eigenvalue weighted by atomic mass is 10.1. The average Bonchev–Trinajstić information content (AvgIpc) is 2.75. The summed E-state index contributed by atoms with van der Waals surface area (Å²) in [7, 11) is 0. The number of anilines is 1. The van der Waals surface area contributed by atoms with E-state index >= 15 is 0 Å². The van der Waals surface area contributed by atoms with Crippen molar-refractivity contribution >= 4 is 22.4 Å². The maximum atomic E-state index is 13.0. The summed E-state index contributed by atoms with van der Waals surface area (Å²) in [6.45, 7) is 0. The highest BCUT2D eigenvalue weighted by molar-refractivity contribution is 6.03. The van der Waals surface area contributed by atoms with Crippen LogP contribution in [-0.2, 0) is 4.79 Å². The molecule has 0 unspecified atom stereocenters. The first-order valence-electron chi connectivity index (χ1n) is 9.02. The molecule has 0 bridgehead atoms. The summed E-state index contributed by atoms with van der Waals surface area (Å²) in [6.07, 6.45) is -1.14. The smallest absolute Gasteiger partial charge is 0.321 e. The Bertz CT molecular complexity index is 1020. The lowest BCUT2D eigenvalue weighted by molar-refractivity contribution is -0.134. The molecule has 0 radical (unpaired) electrons. The minimum atomic E-state index is -1.14. The summed E-state index contributed by atoms with van der Waals surface area (Å²) in [5.74, 6) is 0.720. The highest BCUT2D eigenvalue weighted by Crippen LogP contribution is 2.24. The number of rotatable bonds is 6. The van der Waals surface area contributed by atoms with Crippen molar-refractivity contribution in [2.24, 2.45) is 0 Å². The van der Waals surface area contributed by atoms with E-state index in [-0.39, 0.29) is 5.91 Å². The molecule has 28 heavy (non-hydrogen) atoms. The Kier molecular flexibility index (Phi) is 5.20. The van der Waals surface area contributed by atoms with Crippen LogP contribution in [0.1, 0.15) is 0 Å².